The molecule has 1 aromatic rings. The number of anilines is 1. The Morgan fingerprint density at radius 3 is 2.71 bits per heavy atom. The highest BCUT2D eigenvalue weighted by atomic mass is 16.5. The second-order valence-electron chi connectivity index (χ2n) is 4.77. The maximum atomic E-state index is 11.8. The predicted molar refractivity (Wildman–Crippen MR) is 73.9 cm³/mol. The van der Waals surface area contributed by atoms with Gasteiger partial charge in [0.1, 0.15) is 5.75 Å². The van der Waals surface area contributed by atoms with Crippen molar-refractivity contribution in [1.82, 2.24) is 5.32 Å². The molecule has 0 unspecified atom stereocenters. The van der Waals surface area contributed by atoms with E-state index >= 15 is 0 Å². The van der Waals surface area contributed by atoms with Crippen LogP contribution in [0.3, 0.4) is 0 Å². The Bertz CT molecular complexity index is 572. The van der Waals surface area contributed by atoms with Gasteiger partial charge in [0.25, 0.3) is 5.91 Å². The van der Waals surface area contributed by atoms with E-state index in [4.69, 9.17) is 9.84 Å². The molecule has 1 aliphatic carbocycles. The molecule has 0 aliphatic heterocycles. The standard InChI is InChI=1S/C14H16N2O5/c1-15-12(17)7-21-9-4-2-3-8(5-9)16-13(18)10-6-11(10)14(19)20/h2-5,10-11H,6-7H2,1H3,(H,15,17)(H,16,18)(H,19,20)/t10-,11+/m1/s1. The van der Waals surface area contributed by atoms with Crippen LogP contribution in [-0.2, 0) is 14.4 Å². The first-order valence-corrected chi connectivity index (χ1v) is 6.48. The predicted octanol–water partition coefficient (Wildman–Crippen LogP) is 0.471. The van der Waals surface area contributed by atoms with Crippen molar-refractivity contribution in [3.8, 4) is 5.75 Å². The Morgan fingerprint density at radius 2 is 2.10 bits per heavy atom. The lowest BCUT2D eigenvalue weighted by Gasteiger charge is -2.08. The average Bonchev–Trinajstić information content (AvgIpc) is 3.26. The molecule has 21 heavy (non-hydrogen) atoms. The molecule has 3 N–H and O–H groups in total. The molecular weight excluding hydrogens is 276 g/mol. The third-order valence-electron chi connectivity index (χ3n) is 3.19. The molecule has 1 aliphatic rings. The van der Waals surface area contributed by atoms with Gasteiger partial charge >= 0.3 is 5.97 Å². The summed E-state index contributed by atoms with van der Waals surface area (Å²) in [6, 6.07) is 6.59. The van der Waals surface area contributed by atoms with Crippen molar-refractivity contribution in [2.75, 3.05) is 19.0 Å². The van der Waals surface area contributed by atoms with E-state index in [0.717, 1.165) is 0 Å². The Morgan fingerprint density at radius 1 is 1.33 bits per heavy atom. The molecule has 7 heteroatoms. The number of likely N-dealkylation sites (N-methyl/N-ethyl adjacent to an activating group) is 1. The van der Waals surface area contributed by atoms with E-state index in [1.54, 1.807) is 24.3 Å². The number of benzene rings is 1. The first kappa shape index (κ1) is 14.8. The third kappa shape index (κ3) is 3.95. The van der Waals surface area contributed by atoms with Crippen LogP contribution < -0.4 is 15.4 Å². The van der Waals surface area contributed by atoms with Gasteiger partial charge in [0.05, 0.1) is 11.8 Å². The minimum absolute atomic E-state index is 0.113. The van der Waals surface area contributed by atoms with Gasteiger partial charge in [-0.05, 0) is 18.6 Å². The highest BCUT2D eigenvalue weighted by Gasteiger charge is 2.48. The first-order valence-electron chi connectivity index (χ1n) is 6.48. The van der Waals surface area contributed by atoms with Gasteiger partial charge < -0.3 is 20.5 Å². The van der Waals surface area contributed by atoms with Crippen LogP contribution in [0.5, 0.6) is 5.75 Å². The molecule has 112 valence electrons. The van der Waals surface area contributed by atoms with Crippen molar-refractivity contribution in [2.45, 2.75) is 6.42 Å². The zero-order valence-electron chi connectivity index (χ0n) is 11.5. The molecule has 0 bridgehead atoms. The number of carbonyl (C=O) groups is 3. The number of rotatable bonds is 6. The molecular formula is C14H16N2O5. The summed E-state index contributed by atoms with van der Waals surface area (Å²) in [5.41, 5.74) is 0.505. The zero-order chi connectivity index (χ0) is 15.4. The Kier molecular flexibility index (Phi) is 4.42. The SMILES string of the molecule is CNC(=O)COc1cccc(NC(=O)[C@@H]2C[C@@H]2C(=O)O)c1. The zero-order valence-corrected chi connectivity index (χ0v) is 11.5. The molecule has 0 saturated heterocycles. The summed E-state index contributed by atoms with van der Waals surface area (Å²) in [4.78, 5) is 33.6. The maximum Gasteiger partial charge on any atom is 0.307 e. The second kappa shape index (κ2) is 6.25. The molecule has 1 fully saturated rings. The molecule has 2 rings (SSSR count). The lowest BCUT2D eigenvalue weighted by atomic mass is 10.2. The minimum Gasteiger partial charge on any atom is -0.484 e. The van der Waals surface area contributed by atoms with Crippen LogP contribution >= 0.6 is 0 Å². The number of carboxylic acid groups (broad SMARTS) is 1. The Hall–Kier alpha value is -2.57. The normalized spacial score (nSPS) is 19.5. The minimum atomic E-state index is -0.946. The molecule has 0 aromatic heterocycles. The molecule has 1 saturated carbocycles. The second-order valence-corrected chi connectivity index (χ2v) is 4.77. The van der Waals surface area contributed by atoms with E-state index in [9.17, 15) is 14.4 Å². The van der Waals surface area contributed by atoms with Crippen LogP contribution in [0.15, 0.2) is 24.3 Å². The highest BCUT2D eigenvalue weighted by molar-refractivity contribution is 5.98. The molecule has 7 nitrogen and oxygen atoms in total. The fourth-order valence-corrected chi connectivity index (χ4v) is 1.88. The van der Waals surface area contributed by atoms with Crippen molar-refractivity contribution in [3.63, 3.8) is 0 Å². The third-order valence-corrected chi connectivity index (χ3v) is 3.19. The van der Waals surface area contributed by atoms with E-state index in [2.05, 4.69) is 10.6 Å². The molecule has 0 radical (unpaired) electrons. The molecule has 0 heterocycles. The van der Waals surface area contributed by atoms with Gasteiger partial charge in [-0.3, -0.25) is 14.4 Å². The number of hydrogen-bond acceptors (Lipinski definition) is 4. The van der Waals surface area contributed by atoms with E-state index in [1.807, 2.05) is 0 Å². The van der Waals surface area contributed by atoms with Gasteiger partial charge in [-0.1, -0.05) is 6.07 Å². The molecule has 2 atom stereocenters. The van der Waals surface area contributed by atoms with Gasteiger partial charge in [-0.25, -0.2) is 0 Å². The van der Waals surface area contributed by atoms with Crippen LogP contribution in [0, 0.1) is 11.8 Å². The van der Waals surface area contributed by atoms with E-state index < -0.39 is 17.8 Å². The fourth-order valence-electron chi connectivity index (χ4n) is 1.88. The number of hydrogen-bond donors (Lipinski definition) is 3. The fraction of sp³-hybridized carbons (Fsp3) is 0.357. The summed E-state index contributed by atoms with van der Waals surface area (Å²) in [6.45, 7) is -0.113. The molecule has 0 spiro atoms. The van der Waals surface area contributed by atoms with Crippen LogP contribution in [0.25, 0.3) is 0 Å². The number of amides is 2. The van der Waals surface area contributed by atoms with Gasteiger partial charge in [0.2, 0.25) is 5.91 Å². The van der Waals surface area contributed by atoms with Crippen molar-refractivity contribution in [2.24, 2.45) is 11.8 Å². The lowest BCUT2D eigenvalue weighted by molar-refractivity contribution is -0.139. The number of ether oxygens (including phenoxy) is 1. The maximum absolute atomic E-state index is 11.8. The summed E-state index contributed by atoms with van der Waals surface area (Å²) in [5, 5.41) is 13.9. The van der Waals surface area contributed by atoms with Gasteiger partial charge in [-0.15, -0.1) is 0 Å². The van der Waals surface area contributed by atoms with Gasteiger partial charge in [0.15, 0.2) is 6.61 Å². The monoisotopic (exact) mass is 292 g/mol. The smallest absolute Gasteiger partial charge is 0.307 e. The van der Waals surface area contributed by atoms with Crippen molar-refractivity contribution < 1.29 is 24.2 Å². The summed E-state index contributed by atoms with van der Waals surface area (Å²) in [5.74, 6) is -2.13. The van der Waals surface area contributed by atoms with E-state index in [1.165, 1.54) is 7.05 Å². The summed E-state index contributed by atoms with van der Waals surface area (Å²) in [7, 11) is 1.51. The number of carbonyl (C=O) groups excluding carboxylic acids is 2. The highest BCUT2D eigenvalue weighted by Crippen LogP contribution is 2.39. The average molecular weight is 292 g/mol. The van der Waals surface area contributed by atoms with Crippen LogP contribution in [0.4, 0.5) is 5.69 Å². The number of aliphatic carboxylic acids is 1. The number of carboxylic acids is 1. The Labute approximate surface area is 121 Å². The van der Waals surface area contributed by atoms with Gasteiger partial charge in [-0.2, -0.15) is 0 Å². The van der Waals surface area contributed by atoms with E-state index in [0.29, 0.717) is 17.9 Å². The van der Waals surface area contributed by atoms with Crippen LogP contribution in [0.2, 0.25) is 0 Å². The lowest BCUT2D eigenvalue weighted by Crippen LogP contribution is -2.24. The van der Waals surface area contributed by atoms with Crippen LogP contribution in [0.1, 0.15) is 6.42 Å². The van der Waals surface area contributed by atoms with Crippen LogP contribution in [-0.4, -0.2) is 36.5 Å². The largest absolute Gasteiger partial charge is 0.484 e. The summed E-state index contributed by atoms with van der Waals surface area (Å²) >= 11 is 0. The van der Waals surface area contributed by atoms with E-state index in [-0.39, 0.29) is 18.4 Å². The topological polar surface area (TPSA) is 105 Å². The quantitative estimate of drug-likeness (QED) is 0.707. The number of nitrogens with one attached hydrogen (secondary N) is 2. The van der Waals surface area contributed by atoms with Crippen molar-refractivity contribution in [3.05, 3.63) is 24.3 Å². The molecule has 2 amide bonds. The Balaban J connectivity index is 1.90. The van der Waals surface area contributed by atoms with Crippen molar-refractivity contribution >= 4 is 23.5 Å². The van der Waals surface area contributed by atoms with Gasteiger partial charge in [0, 0.05) is 18.8 Å². The summed E-state index contributed by atoms with van der Waals surface area (Å²) < 4.78 is 5.26. The molecule has 1 aromatic carbocycles. The summed E-state index contributed by atoms with van der Waals surface area (Å²) in [6.07, 6.45) is 0.369. The first-order chi connectivity index (χ1) is 10.0. The van der Waals surface area contributed by atoms with Crippen molar-refractivity contribution in [1.29, 1.82) is 0 Å².